The fraction of sp³-hybridized carbons (Fsp3) is 0.483. The number of primary amides is 1. The molecule has 2 aromatic heterocycles. The molecule has 2 aliphatic heterocycles. The van der Waals surface area contributed by atoms with Gasteiger partial charge in [0.2, 0.25) is 29.5 Å². The Hall–Kier alpha value is -7.26. The Morgan fingerprint density at radius 2 is 1.63 bits per heavy atom. The van der Waals surface area contributed by atoms with Crippen LogP contribution in [0, 0.1) is 11.8 Å². The number of amides is 6. The van der Waals surface area contributed by atoms with Crippen LogP contribution in [-0.4, -0.2) is 123 Å². The number of aromatic amines is 1. The van der Waals surface area contributed by atoms with Gasteiger partial charge in [0.15, 0.2) is 5.78 Å². The molecule has 82 heavy (non-hydrogen) atoms. The molecule has 3 aromatic carbocycles. The summed E-state index contributed by atoms with van der Waals surface area (Å²) in [7, 11) is -3.45. The van der Waals surface area contributed by atoms with Crippen molar-refractivity contribution in [3.8, 4) is 0 Å². The third-order valence-corrected chi connectivity index (χ3v) is 18.1. The molecule has 22 nitrogen and oxygen atoms in total. The minimum atomic E-state index is -5.13. The Balaban J connectivity index is 0.894. The van der Waals surface area contributed by atoms with Gasteiger partial charge in [-0.25, -0.2) is 4.79 Å². The van der Waals surface area contributed by atoms with Crippen LogP contribution in [0.2, 0.25) is 5.02 Å². The number of fused-ring (bicyclic) bond motifs is 3. The van der Waals surface area contributed by atoms with Gasteiger partial charge in [-0.2, -0.15) is 0 Å². The summed E-state index contributed by atoms with van der Waals surface area (Å²) in [4.78, 5) is 160. The molecule has 5 atom stereocenters. The van der Waals surface area contributed by atoms with Gasteiger partial charge in [-0.05, 0) is 142 Å². The van der Waals surface area contributed by atoms with E-state index < -0.39 is 72.9 Å². The molecule has 6 amide bonds. The first-order valence-corrected chi connectivity index (χ1v) is 30.0. The third kappa shape index (κ3) is 13.0. The first-order chi connectivity index (χ1) is 38.9. The Kier molecular flexibility index (Phi) is 17.9. The molecule has 24 heteroatoms. The summed E-state index contributed by atoms with van der Waals surface area (Å²) < 4.78 is 14.8. The summed E-state index contributed by atoms with van der Waals surface area (Å²) >= 11 is 6.56. The van der Waals surface area contributed by atoms with E-state index >= 15 is 4.79 Å². The molecule has 0 spiro atoms. The zero-order valence-corrected chi connectivity index (χ0v) is 47.6. The molecule has 2 saturated heterocycles. The average Bonchev–Trinajstić information content (AvgIpc) is 4.32. The number of carbonyl (C=O) groups is 9. The van der Waals surface area contributed by atoms with Crippen molar-refractivity contribution >= 4 is 93.7 Å². The summed E-state index contributed by atoms with van der Waals surface area (Å²) in [6, 6.07) is 11.6. The second kappa shape index (κ2) is 24.7. The van der Waals surface area contributed by atoms with Crippen molar-refractivity contribution in [2.24, 2.45) is 24.6 Å². The van der Waals surface area contributed by atoms with Gasteiger partial charge in [-0.1, -0.05) is 43.6 Å². The number of H-pyrrole nitrogens is 1. The molecule has 1 unspecified atom stereocenters. The number of aryl methyl sites for hydroxylation is 2. The predicted octanol–water partition coefficient (Wildman–Crippen LogP) is 4.98. The maximum Gasteiger partial charge on any atom is 0.396 e. The van der Waals surface area contributed by atoms with E-state index in [0.29, 0.717) is 65.2 Å². The van der Waals surface area contributed by atoms with Crippen LogP contribution >= 0.6 is 19.2 Å². The lowest BCUT2D eigenvalue weighted by Gasteiger charge is -2.40. The second-order valence-corrected chi connectivity index (χ2v) is 24.6. The van der Waals surface area contributed by atoms with Crippen molar-refractivity contribution < 1.29 is 57.5 Å². The van der Waals surface area contributed by atoms with E-state index in [1.54, 1.807) is 18.0 Å². The maximum absolute atomic E-state index is 15.1. The predicted molar refractivity (Wildman–Crippen MR) is 302 cm³/mol. The van der Waals surface area contributed by atoms with Gasteiger partial charge in [0.25, 0.3) is 11.4 Å². The molecule has 4 heterocycles. The fourth-order valence-corrected chi connectivity index (χ4v) is 13.0. The zero-order chi connectivity index (χ0) is 58.9. The smallest absolute Gasteiger partial charge is 0.370 e. The number of imidazole rings is 1. The number of carbonyl (C=O) groups excluding carboxylic acids is 9. The van der Waals surface area contributed by atoms with Crippen LogP contribution in [0.3, 0.4) is 0 Å². The van der Waals surface area contributed by atoms with Crippen LogP contribution in [0.1, 0.15) is 147 Å². The van der Waals surface area contributed by atoms with E-state index in [4.69, 9.17) is 17.3 Å². The lowest BCUT2D eigenvalue weighted by atomic mass is 9.79. The van der Waals surface area contributed by atoms with E-state index in [2.05, 4.69) is 20.9 Å². The molecule has 0 bridgehead atoms. The van der Waals surface area contributed by atoms with Gasteiger partial charge in [-0.15, -0.1) is 0 Å². The topological polar surface area (TPSA) is 322 Å². The highest BCUT2D eigenvalue weighted by Gasteiger charge is 2.47. The number of hydrogen-bond donors (Lipinski definition) is 7. The van der Waals surface area contributed by atoms with E-state index in [1.165, 1.54) is 38.3 Å². The number of nitrogens with one attached hydrogen (secondary N) is 4. The quantitative estimate of drug-likeness (QED) is 0.0451. The summed E-state index contributed by atoms with van der Waals surface area (Å²) in [5.74, 6) is -3.78. The van der Waals surface area contributed by atoms with Crippen molar-refractivity contribution in [1.29, 1.82) is 0 Å². The lowest BCUT2D eigenvalue weighted by Crippen LogP contribution is -2.62. The average molecular weight is 1170 g/mol. The molecule has 0 radical (unpaired) electrons. The Morgan fingerprint density at radius 1 is 0.878 bits per heavy atom. The summed E-state index contributed by atoms with van der Waals surface area (Å²) in [6.45, 7) is 4.02. The molecule has 9 rings (SSSR count). The molecule has 8 N–H and O–H groups in total. The van der Waals surface area contributed by atoms with Crippen LogP contribution in [-0.2, 0) is 58.1 Å². The van der Waals surface area contributed by atoms with Crippen LogP contribution < -0.4 is 27.4 Å². The molecule has 2 aliphatic carbocycles. The third-order valence-electron chi connectivity index (χ3n) is 16.9. The molecule has 5 aromatic rings. The first kappa shape index (κ1) is 59.4. The maximum atomic E-state index is 15.1. The molecular formula is C58H69ClN9O13P. The first-order valence-electron chi connectivity index (χ1n) is 28.0. The zero-order valence-electron chi connectivity index (χ0n) is 46.0. The Bertz CT molecular complexity index is 3500. The van der Waals surface area contributed by atoms with E-state index in [9.17, 15) is 57.5 Å². The van der Waals surface area contributed by atoms with Gasteiger partial charge in [0, 0.05) is 73.0 Å². The number of aromatic nitrogens is 3. The van der Waals surface area contributed by atoms with E-state index in [-0.39, 0.29) is 103 Å². The van der Waals surface area contributed by atoms with Gasteiger partial charge >= 0.3 is 13.3 Å². The summed E-state index contributed by atoms with van der Waals surface area (Å²) in [5, 5.41) is 9.09. The number of halogens is 1. The number of benzene rings is 3. The second-order valence-electron chi connectivity index (χ2n) is 22.7. The monoisotopic (exact) mass is 1170 g/mol. The van der Waals surface area contributed by atoms with Gasteiger partial charge < -0.3 is 46.3 Å². The fourth-order valence-electron chi connectivity index (χ4n) is 12.3. The van der Waals surface area contributed by atoms with Crippen molar-refractivity contribution in [2.45, 2.75) is 146 Å². The molecule has 4 fully saturated rings. The van der Waals surface area contributed by atoms with E-state index in [0.717, 1.165) is 36.8 Å². The number of ketones is 2. The Labute approximate surface area is 477 Å². The minimum absolute atomic E-state index is 0.0214. The number of Topliss-reactive ketones (excluding diaryl/α,β-unsaturated/α-hetero) is 2. The van der Waals surface area contributed by atoms with Crippen LogP contribution in [0.15, 0.2) is 65.5 Å². The van der Waals surface area contributed by atoms with Crippen molar-refractivity contribution in [3.05, 3.63) is 104 Å². The van der Waals surface area contributed by atoms with Gasteiger partial charge in [-0.3, -0.25) is 56.9 Å². The molecule has 2 saturated carbocycles. The van der Waals surface area contributed by atoms with Crippen molar-refractivity contribution in [2.75, 3.05) is 13.1 Å². The highest BCUT2D eigenvalue weighted by molar-refractivity contribution is 7.70. The lowest BCUT2D eigenvalue weighted by molar-refractivity contribution is -0.147. The number of hydrogen-bond acceptors (Lipinski definition) is 11. The van der Waals surface area contributed by atoms with Crippen LogP contribution in [0.5, 0.6) is 0 Å². The minimum Gasteiger partial charge on any atom is -0.370 e. The molecular weight excluding hydrogens is 1100 g/mol. The highest BCUT2D eigenvalue weighted by Crippen LogP contribution is 2.40. The molecule has 436 valence electrons. The van der Waals surface area contributed by atoms with Gasteiger partial charge in [0.05, 0.1) is 23.5 Å². The Morgan fingerprint density at radius 3 is 2.33 bits per heavy atom. The largest absolute Gasteiger partial charge is 0.396 e. The number of rotatable bonds is 18. The highest BCUT2D eigenvalue weighted by atomic mass is 35.5. The number of nitrogens with two attached hydrogens (primary N) is 1. The normalized spacial score (nSPS) is 22.0. The number of nitrogens with zero attached hydrogens (tertiary/aromatic N) is 4. The summed E-state index contributed by atoms with van der Waals surface area (Å²) in [5.41, 5.74) is 7.79. The van der Waals surface area contributed by atoms with Crippen LogP contribution in [0.4, 0.5) is 0 Å². The van der Waals surface area contributed by atoms with Gasteiger partial charge in [0.1, 0.15) is 29.6 Å². The van der Waals surface area contributed by atoms with E-state index in [1.807, 2.05) is 44.2 Å². The SMILES string of the molecule is CC(C)c1ccc(CNC(=O)[C@H](CCC(N)=O)NC(=O)[C@@H]2CC[C@@H]3CCN(C(=O)C4CCC(CCc5ccc6c(c5)n(C)c(=O)n6C5CCC(=O)CC5=O)CC4)C[C@H](NC(=O)c4cc5cc(C(=O)P(=O)(O)O)ccc5[nH]4)C(=O)N32)c(Cl)c1. The van der Waals surface area contributed by atoms with Crippen LogP contribution in [0.25, 0.3) is 21.9 Å². The summed E-state index contributed by atoms with van der Waals surface area (Å²) in [6.07, 6.45) is 5.09. The standard InChI is InChI=1S/C58H69ClN9O13P/c1-31(2)35-11-12-37(41(59)26-35)29-61-52(72)43(17-21-51(60)71)63-54(74)48-19-14-39-22-23-66(30-45(56(76)67(39)48)64-53(73)44-27-38-25-36(13-16-42(38)62-44)57(77)82(79,80)81)55(75)34-9-6-32(7-10-34)4-5-33-8-18-46-49(24-33)65(3)58(78)68(46)47-20-15-40(69)28-50(47)70/h8,11-13,16,18,24-27,31-32,34,39,43,45,47-48,62H,4-7,9-10,14-15,17,19-23,28-30H2,1-3H3,(H2,60,71)(H,61,72)(H,63,74)(H,64,73)(H2,79,80,81)/t32?,34?,39-,43+,45+,47?,48+/m1/s1. The van der Waals surface area contributed by atoms with Crippen molar-refractivity contribution in [3.63, 3.8) is 0 Å². The van der Waals surface area contributed by atoms with Crippen molar-refractivity contribution in [1.82, 2.24) is 39.9 Å². The molecule has 4 aliphatic rings.